The molecule has 2 aliphatic rings. The van der Waals surface area contributed by atoms with Gasteiger partial charge in [0.15, 0.2) is 0 Å². The van der Waals surface area contributed by atoms with Crippen molar-refractivity contribution in [3.63, 3.8) is 0 Å². The van der Waals surface area contributed by atoms with Gasteiger partial charge in [-0.05, 0) is 30.6 Å². The van der Waals surface area contributed by atoms with Crippen molar-refractivity contribution in [1.82, 2.24) is 0 Å². The Hall–Kier alpha value is -0.330. The molecule has 0 unspecified atom stereocenters. The van der Waals surface area contributed by atoms with Crippen molar-refractivity contribution in [3.8, 4) is 0 Å². The highest BCUT2D eigenvalue weighted by atomic mass is 14.9. The van der Waals surface area contributed by atoms with Crippen molar-refractivity contribution in [2.75, 3.05) is 0 Å². The minimum Gasteiger partial charge on any atom is -0.290 e. The average molecular weight is 165 g/mol. The highest BCUT2D eigenvalue weighted by Gasteiger charge is 2.36. The van der Waals surface area contributed by atoms with Crippen LogP contribution in [0.3, 0.4) is 0 Å². The molecule has 0 spiro atoms. The molecule has 2 rings (SSSR count). The molecule has 0 aromatic carbocycles. The maximum absolute atomic E-state index is 4.84. The van der Waals surface area contributed by atoms with Gasteiger partial charge in [0.25, 0.3) is 0 Å². The summed E-state index contributed by atoms with van der Waals surface area (Å²) in [5.74, 6) is 0.916. The third-order valence-electron chi connectivity index (χ3n) is 3.26. The monoisotopic (exact) mass is 165 g/mol. The molecule has 0 amide bonds. The molecule has 0 aromatic rings. The van der Waals surface area contributed by atoms with Crippen molar-refractivity contribution >= 4 is 5.71 Å². The molecule has 2 atom stereocenters. The van der Waals surface area contributed by atoms with Crippen LogP contribution in [-0.4, -0.2) is 11.8 Å². The van der Waals surface area contributed by atoms with Gasteiger partial charge in [-0.1, -0.05) is 27.2 Å². The molecule has 1 aliphatic heterocycles. The van der Waals surface area contributed by atoms with E-state index in [4.69, 9.17) is 4.99 Å². The quantitative estimate of drug-likeness (QED) is 0.523. The van der Waals surface area contributed by atoms with Crippen LogP contribution in [0.2, 0.25) is 0 Å². The standard InChI is InChI=1S/C11H19N/c1-11(2,3)10-7-8-5-4-6-9(8)12-10/h8-9H,4-7H2,1-3H3/t8-,9-/m1/s1. The Morgan fingerprint density at radius 1 is 1.25 bits per heavy atom. The lowest BCUT2D eigenvalue weighted by molar-refractivity contribution is 0.525. The van der Waals surface area contributed by atoms with E-state index in [1.54, 1.807) is 0 Å². The molecule has 0 radical (unpaired) electrons. The van der Waals surface area contributed by atoms with E-state index in [2.05, 4.69) is 20.8 Å². The average Bonchev–Trinajstić information content (AvgIpc) is 2.37. The maximum atomic E-state index is 4.84. The van der Waals surface area contributed by atoms with E-state index in [0.29, 0.717) is 11.5 Å². The van der Waals surface area contributed by atoms with E-state index in [1.165, 1.54) is 31.4 Å². The zero-order valence-electron chi connectivity index (χ0n) is 8.43. The predicted molar refractivity (Wildman–Crippen MR) is 52.6 cm³/mol. The van der Waals surface area contributed by atoms with Crippen LogP contribution < -0.4 is 0 Å². The van der Waals surface area contributed by atoms with Crippen molar-refractivity contribution in [3.05, 3.63) is 0 Å². The van der Waals surface area contributed by atoms with Gasteiger partial charge in [-0.2, -0.15) is 0 Å². The fraction of sp³-hybridized carbons (Fsp3) is 0.909. The SMILES string of the molecule is CC(C)(C)C1=N[C@@H]2CCC[C@@H]2C1. The van der Waals surface area contributed by atoms with Crippen molar-refractivity contribution < 1.29 is 0 Å². The third kappa shape index (κ3) is 1.30. The zero-order chi connectivity index (χ0) is 8.77. The van der Waals surface area contributed by atoms with Crippen LogP contribution in [0.25, 0.3) is 0 Å². The van der Waals surface area contributed by atoms with Gasteiger partial charge in [0.1, 0.15) is 0 Å². The molecule has 0 N–H and O–H groups in total. The van der Waals surface area contributed by atoms with Gasteiger partial charge in [-0.15, -0.1) is 0 Å². The molecule has 1 fully saturated rings. The number of hydrogen-bond donors (Lipinski definition) is 0. The second-order valence-electron chi connectivity index (χ2n) is 5.29. The first kappa shape index (κ1) is 8.28. The Kier molecular flexibility index (Phi) is 1.78. The predicted octanol–water partition coefficient (Wildman–Crippen LogP) is 3.05. The largest absolute Gasteiger partial charge is 0.290 e. The van der Waals surface area contributed by atoms with Crippen molar-refractivity contribution in [2.45, 2.75) is 52.5 Å². The maximum Gasteiger partial charge on any atom is 0.0531 e. The summed E-state index contributed by atoms with van der Waals surface area (Å²) in [6, 6.07) is 0.708. The van der Waals surface area contributed by atoms with Gasteiger partial charge in [0.2, 0.25) is 0 Å². The van der Waals surface area contributed by atoms with E-state index < -0.39 is 0 Å². The van der Waals surface area contributed by atoms with Crippen molar-refractivity contribution in [1.29, 1.82) is 0 Å². The lowest BCUT2D eigenvalue weighted by Gasteiger charge is -2.19. The number of nitrogens with zero attached hydrogens (tertiary/aromatic N) is 1. The van der Waals surface area contributed by atoms with Crippen LogP contribution in [0, 0.1) is 11.3 Å². The van der Waals surface area contributed by atoms with E-state index >= 15 is 0 Å². The highest BCUT2D eigenvalue weighted by molar-refractivity contribution is 5.91. The molecular weight excluding hydrogens is 146 g/mol. The summed E-state index contributed by atoms with van der Waals surface area (Å²) in [4.78, 5) is 4.84. The van der Waals surface area contributed by atoms with Gasteiger partial charge in [0, 0.05) is 5.71 Å². The second-order valence-corrected chi connectivity index (χ2v) is 5.29. The summed E-state index contributed by atoms with van der Waals surface area (Å²) in [5, 5.41) is 0. The van der Waals surface area contributed by atoms with Crippen LogP contribution in [0.4, 0.5) is 0 Å². The van der Waals surface area contributed by atoms with E-state index in [9.17, 15) is 0 Å². The zero-order valence-corrected chi connectivity index (χ0v) is 8.43. The normalized spacial score (nSPS) is 35.1. The van der Waals surface area contributed by atoms with Crippen LogP contribution >= 0.6 is 0 Å². The number of rotatable bonds is 0. The summed E-state index contributed by atoms with van der Waals surface area (Å²) >= 11 is 0. The molecule has 1 heterocycles. The first-order chi connectivity index (χ1) is 5.57. The fourth-order valence-corrected chi connectivity index (χ4v) is 2.43. The molecule has 12 heavy (non-hydrogen) atoms. The Morgan fingerprint density at radius 2 is 2.00 bits per heavy atom. The molecular formula is C11H19N. The summed E-state index contributed by atoms with van der Waals surface area (Å²) in [6.45, 7) is 6.85. The van der Waals surface area contributed by atoms with Gasteiger partial charge in [-0.3, -0.25) is 4.99 Å². The Bertz CT molecular complexity index is 210. The number of fused-ring (bicyclic) bond motifs is 1. The van der Waals surface area contributed by atoms with Crippen LogP contribution in [0.5, 0.6) is 0 Å². The van der Waals surface area contributed by atoms with E-state index in [0.717, 1.165) is 5.92 Å². The van der Waals surface area contributed by atoms with Crippen LogP contribution in [0.15, 0.2) is 4.99 Å². The molecule has 1 saturated carbocycles. The molecule has 1 aliphatic carbocycles. The lowest BCUT2D eigenvalue weighted by Crippen LogP contribution is -2.18. The summed E-state index contributed by atoms with van der Waals surface area (Å²) in [6.07, 6.45) is 5.47. The van der Waals surface area contributed by atoms with Gasteiger partial charge in [-0.25, -0.2) is 0 Å². The first-order valence-corrected chi connectivity index (χ1v) is 5.14. The highest BCUT2D eigenvalue weighted by Crippen LogP contribution is 2.39. The Balaban J connectivity index is 2.12. The first-order valence-electron chi connectivity index (χ1n) is 5.14. The van der Waals surface area contributed by atoms with E-state index in [1.807, 2.05) is 0 Å². The Labute approximate surface area is 75.3 Å². The molecule has 0 saturated heterocycles. The minimum atomic E-state index is 0.324. The molecule has 1 heteroatoms. The minimum absolute atomic E-state index is 0.324. The summed E-state index contributed by atoms with van der Waals surface area (Å²) in [5.41, 5.74) is 1.79. The third-order valence-corrected chi connectivity index (χ3v) is 3.26. The van der Waals surface area contributed by atoms with Gasteiger partial charge >= 0.3 is 0 Å². The lowest BCUT2D eigenvalue weighted by atomic mass is 9.86. The number of aliphatic imine (C=N–C) groups is 1. The van der Waals surface area contributed by atoms with Crippen LogP contribution in [-0.2, 0) is 0 Å². The Morgan fingerprint density at radius 3 is 2.58 bits per heavy atom. The van der Waals surface area contributed by atoms with Crippen LogP contribution in [0.1, 0.15) is 46.5 Å². The fourth-order valence-electron chi connectivity index (χ4n) is 2.43. The summed E-state index contributed by atoms with van der Waals surface area (Å²) < 4.78 is 0. The second kappa shape index (κ2) is 2.58. The van der Waals surface area contributed by atoms with E-state index in [-0.39, 0.29) is 0 Å². The van der Waals surface area contributed by atoms with Gasteiger partial charge in [0.05, 0.1) is 6.04 Å². The summed E-state index contributed by atoms with van der Waals surface area (Å²) in [7, 11) is 0. The molecule has 68 valence electrons. The smallest absolute Gasteiger partial charge is 0.0531 e. The molecule has 0 bridgehead atoms. The van der Waals surface area contributed by atoms with Crippen molar-refractivity contribution in [2.24, 2.45) is 16.3 Å². The molecule has 0 aromatic heterocycles. The molecule has 1 nitrogen and oxygen atoms in total. The van der Waals surface area contributed by atoms with Gasteiger partial charge < -0.3 is 0 Å². The topological polar surface area (TPSA) is 12.4 Å². The number of hydrogen-bond acceptors (Lipinski definition) is 1.